The summed E-state index contributed by atoms with van der Waals surface area (Å²) >= 11 is 0. The predicted octanol–water partition coefficient (Wildman–Crippen LogP) is 2.91. The Labute approximate surface area is 119 Å². The Hall–Kier alpha value is -0.910. The monoisotopic (exact) mass is 292 g/mol. The first-order valence-electron chi connectivity index (χ1n) is 6.98. The van der Waals surface area contributed by atoms with Crippen LogP contribution in [0.4, 0.5) is 13.6 Å². The van der Waals surface area contributed by atoms with Gasteiger partial charge in [-0.2, -0.15) is 0 Å². The largest absolute Gasteiger partial charge is 0.444 e. The van der Waals surface area contributed by atoms with E-state index in [2.05, 4.69) is 5.32 Å². The lowest BCUT2D eigenvalue weighted by atomic mass is 9.59. The van der Waals surface area contributed by atoms with E-state index in [1.165, 1.54) is 0 Å². The maximum Gasteiger partial charge on any atom is 0.407 e. The second-order valence-corrected chi connectivity index (χ2v) is 7.14. The van der Waals surface area contributed by atoms with E-state index >= 15 is 0 Å². The average molecular weight is 292 g/mol. The molecule has 0 radical (unpaired) electrons. The van der Waals surface area contributed by atoms with Gasteiger partial charge in [-0.15, -0.1) is 0 Å². The van der Waals surface area contributed by atoms with Crippen molar-refractivity contribution in [2.45, 2.75) is 65.0 Å². The van der Waals surface area contributed by atoms with Gasteiger partial charge in [0.25, 0.3) is 0 Å². The molecule has 118 valence electrons. The first kappa shape index (κ1) is 17.1. The summed E-state index contributed by atoms with van der Waals surface area (Å²) in [4.78, 5) is 11.9. The summed E-state index contributed by atoms with van der Waals surface area (Å²) in [7, 11) is 0. The number of alkyl halides is 2. The molecule has 1 aliphatic rings. The van der Waals surface area contributed by atoms with Gasteiger partial charge in [0, 0.05) is 30.8 Å². The van der Waals surface area contributed by atoms with Gasteiger partial charge in [0.15, 0.2) is 0 Å². The summed E-state index contributed by atoms with van der Waals surface area (Å²) in [6.07, 6.45) is -1.15. The van der Waals surface area contributed by atoms with Crippen molar-refractivity contribution in [1.82, 2.24) is 5.32 Å². The van der Waals surface area contributed by atoms with Crippen LogP contribution in [0.1, 0.15) is 47.5 Å². The zero-order valence-corrected chi connectivity index (χ0v) is 12.9. The Morgan fingerprint density at radius 2 is 1.85 bits per heavy atom. The van der Waals surface area contributed by atoms with Crippen molar-refractivity contribution in [3.05, 3.63) is 0 Å². The van der Waals surface area contributed by atoms with Crippen LogP contribution in [-0.4, -0.2) is 30.2 Å². The molecule has 1 saturated carbocycles. The second kappa shape index (κ2) is 5.47. The van der Waals surface area contributed by atoms with Gasteiger partial charge in [0.2, 0.25) is 5.92 Å². The minimum absolute atomic E-state index is 0.00201. The average Bonchev–Trinajstić information content (AvgIpc) is 2.19. The normalized spacial score (nSPS) is 22.1. The number of carbonyl (C=O) groups is 1. The zero-order valence-electron chi connectivity index (χ0n) is 12.9. The molecule has 0 saturated heterocycles. The van der Waals surface area contributed by atoms with Crippen molar-refractivity contribution < 1.29 is 18.3 Å². The van der Waals surface area contributed by atoms with Gasteiger partial charge in [-0.1, -0.05) is 13.8 Å². The molecule has 0 aromatic carbocycles. The number of nitrogens with two attached hydrogens (primary N) is 1. The summed E-state index contributed by atoms with van der Waals surface area (Å²) < 4.78 is 31.7. The molecule has 1 aliphatic carbocycles. The van der Waals surface area contributed by atoms with Gasteiger partial charge < -0.3 is 15.8 Å². The van der Waals surface area contributed by atoms with E-state index in [4.69, 9.17) is 10.5 Å². The van der Waals surface area contributed by atoms with E-state index in [-0.39, 0.29) is 25.3 Å². The summed E-state index contributed by atoms with van der Waals surface area (Å²) in [5.74, 6) is -2.68. The van der Waals surface area contributed by atoms with Crippen LogP contribution in [-0.2, 0) is 4.74 Å². The molecule has 1 amide bonds. The molecule has 4 nitrogen and oxygen atoms in total. The highest BCUT2D eigenvalue weighted by Crippen LogP contribution is 2.54. The minimum atomic E-state index is -2.68. The molecule has 1 fully saturated rings. The summed E-state index contributed by atoms with van der Waals surface area (Å²) in [5, 5.41) is 2.73. The molecule has 3 N–H and O–H groups in total. The lowest BCUT2D eigenvalue weighted by Crippen LogP contribution is -2.63. The molecule has 0 aromatic heterocycles. The van der Waals surface area contributed by atoms with Crippen LogP contribution < -0.4 is 11.1 Å². The Balaban J connectivity index is 2.77. The lowest BCUT2D eigenvalue weighted by molar-refractivity contribution is -0.173. The topological polar surface area (TPSA) is 64.3 Å². The molecule has 1 unspecified atom stereocenters. The van der Waals surface area contributed by atoms with Crippen LogP contribution in [0.15, 0.2) is 0 Å². The van der Waals surface area contributed by atoms with Crippen LogP contribution in [0.5, 0.6) is 0 Å². The van der Waals surface area contributed by atoms with Crippen molar-refractivity contribution in [1.29, 1.82) is 0 Å². The molecule has 0 heterocycles. The highest BCUT2D eigenvalue weighted by molar-refractivity contribution is 5.68. The molecule has 0 spiro atoms. The van der Waals surface area contributed by atoms with Gasteiger partial charge >= 0.3 is 6.09 Å². The van der Waals surface area contributed by atoms with Gasteiger partial charge in [-0.3, -0.25) is 0 Å². The van der Waals surface area contributed by atoms with Crippen molar-refractivity contribution in [2.75, 3.05) is 6.54 Å². The first-order valence-corrected chi connectivity index (χ1v) is 6.98. The maximum atomic E-state index is 13.3. The maximum absolute atomic E-state index is 13.3. The van der Waals surface area contributed by atoms with Gasteiger partial charge in [0.05, 0.1) is 0 Å². The number of ether oxygens (including phenoxy) is 1. The molecule has 20 heavy (non-hydrogen) atoms. The smallest absolute Gasteiger partial charge is 0.407 e. The van der Waals surface area contributed by atoms with Crippen LogP contribution >= 0.6 is 0 Å². The minimum Gasteiger partial charge on any atom is -0.444 e. The number of hydrogen-bond donors (Lipinski definition) is 2. The number of amides is 1. The molecular weight excluding hydrogens is 266 g/mol. The molecule has 1 atom stereocenters. The van der Waals surface area contributed by atoms with Crippen LogP contribution in [0.25, 0.3) is 0 Å². The summed E-state index contributed by atoms with van der Waals surface area (Å²) in [6, 6.07) is -0.415. The summed E-state index contributed by atoms with van der Waals surface area (Å²) in [6.45, 7) is 9.17. The van der Waals surface area contributed by atoms with Crippen molar-refractivity contribution in [3.8, 4) is 0 Å². The number of nitrogens with one attached hydrogen (secondary N) is 1. The highest BCUT2D eigenvalue weighted by atomic mass is 19.3. The highest BCUT2D eigenvalue weighted by Gasteiger charge is 2.60. The van der Waals surface area contributed by atoms with E-state index in [0.717, 1.165) is 0 Å². The fourth-order valence-electron chi connectivity index (χ4n) is 2.93. The fourth-order valence-corrected chi connectivity index (χ4v) is 2.93. The van der Waals surface area contributed by atoms with Crippen LogP contribution in [0.2, 0.25) is 0 Å². The van der Waals surface area contributed by atoms with E-state index in [9.17, 15) is 13.6 Å². The van der Waals surface area contributed by atoms with Crippen molar-refractivity contribution in [3.63, 3.8) is 0 Å². The Bertz CT molecular complexity index is 357. The third-order valence-electron chi connectivity index (χ3n) is 3.63. The molecule has 1 rings (SSSR count). The molecule has 0 bridgehead atoms. The SMILES string of the molecule is CC(C)C(NC(=O)OC(C)(C)C)C1(CN)CC(F)(F)C1. The first-order chi connectivity index (χ1) is 8.91. The zero-order chi connectivity index (χ0) is 15.8. The Morgan fingerprint density at radius 3 is 2.15 bits per heavy atom. The Kier molecular flexibility index (Phi) is 4.69. The van der Waals surface area contributed by atoms with Crippen LogP contribution in [0, 0.1) is 11.3 Å². The number of alkyl carbamates (subject to hydrolysis) is 1. The van der Waals surface area contributed by atoms with Crippen LogP contribution in [0.3, 0.4) is 0 Å². The molecule has 0 aromatic rings. The number of carbonyl (C=O) groups excluding carboxylic acids is 1. The van der Waals surface area contributed by atoms with Gasteiger partial charge in [-0.25, -0.2) is 13.6 Å². The predicted molar refractivity (Wildman–Crippen MR) is 73.7 cm³/mol. The number of halogens is 2. The van der Waals surface area contributed by atoms with E-state index in [1.54, 1.807) is 20.8 Å². The molecule has 0 aliphatic heterocycles. The third-order valence-corrected chi connectivity index (χ3v) is 3.63. The van der Waals surface area contributed by atoms with E-state index < -0.39 is 29.1 Å². The van der Waals surface area contributed by atoms with Gasteiger partial charge in [-0.05, 0) is 26.7 Å². The molecule has 6 heteroatoms. The quantitative estimate of drug-likeness (QED) is 0.837. The second-order valence-electron chi connectivity index (χ2n) is 7.14. The number of hydrogen-bond acceptors (Lipinski definition) is 3. The lowest BCUT2D eigenvalue weighted by Gasteiger charge is -2.52. The van der Waals surface area contributed by atoms with E-state index in [1.807, 2.05) is 13.8 Å². The summed E-state index contributed by atoms with van der Waals surface area (Å²) in [5.41, 5.74) is 4.34. The van der Waals surface area contributed by atoms with Gasteiger partial charge in [0.1, 0.15) is 5.60 Å². The Morgan fingerprint density at radius 1 is 1.35 bits per heavy atom. The fraction of sp³-hybridized carbons (Fsp3) is 0.929. The van der Waals surface area contributed by atoms with E-state index in [0.29, 0.717) is 0 Å². The standard InChI is InChI=1S/C14H26F2N2O2/c1-9(2)10(18-11(19)20-12(3,4)5)13(8-17)6-14(15,16)7-13/h9-10H,6-8,17H2,1-5H3,(H,18,19). The van der Waals surface area contributed by atoms with Crippen molar-refractivity contribution >= 4 is 6.09 Å². The number of rotatable bonds is 4. The molecular formula is C14H26F2N2O2. The third kappa shape index (κ3) is 4.04. The van der Waals surface area contributed by atoms with Crippen molar-refractivity contribution in [2.24, 2.45) is 17.1 Å².